The van der Waals surface area contributed by atoms with E-state index < -0.39 is 12.3 Å². The molecule has 37 heavy (non-hydrogen) atoms. The molecule has 0 bridgehead atoms. The Morgan fingerprint density at radius 1 is 1.24 bits per heavy atom. The molecule has 10 nitrogen and oxygen atoms in total. The van der Waals surface area contributed by atoms with Crippen molar-refractivity contribution in [3.8, 4) is 0 Å². The van der Waals surface area contributed by atoms with Crippen LogP contribution in [0.25, 0.3) is 0 Å². The second-order valence-corrected chi connectivity index (χ2v) is 11.4. The summed E-state index contributed by atoms with van der Waals surface area (Å²) in [4.78, 5) is 21.3. The molecular formula is C26H37FN6O4. The molecule has 0 radical (unpaired) electrons. The zero-order valence-electron chi connectivity index (χ0n) is 22.8. The van der Waals surface area contributed by atoms with E-state index in [1.807, 2.05) is 6.08 Å². The molecule has 1 aliphatic carbocycles. The number of amides is 1. The van der Waals surface area contributed by atoms with E-state index in [1.165, 1.54) is 6.26 Å². The summed E-state index contributed by atoms with van der Waals surface area (Å²) in [6.45, 7) is 9.90. The highest BCUT2D eigenvalue weighted by Crippen LogP contribution is 2.31. The molecule has 2 fully saturated rings. The number of carbonyl (C=O) groups excluding carboxylic acids is 1. The number of hydrogen-bond acceptors (Lipinski definition) is 9. The topological polar surface area (TPSA) is 109 Å². The van der Waals surface area contributed by atoms with Crippen LogP contribution in [0.5, 0.6) is 0 Å². The highest BCUT2D eigenvalue weighted by atomic mass is 19.1. The normalized spacial score (nSPS) is 35.4. The van der Waals surface area contributed by atoms with Gasteiger partial charge in [0, 0.05) is 48.1 Å². The second-order valence-electron chi connectivity index (χ2n) is 11.4. The maximum Gasteiger partial charge on any atom is 0.223 e. The molecule has 1 amide bonds. The Balaban J connectivity index is 1.23. The van der Waals surface area contributed by atoms with E-state index in [0.717, 1.165) is 25.5 Å². The van der Waals surface area contributed by atoms with Crippen LogP contribution in [0.1, 0.15) is 48.3 Å². The van der Waals surface area contributed by atoms with E-state index in [0.29, 0.717) is 43.3 Å². The van der Waals surface area contributed by atoms with Crippen molar-refractivity contribution in [1.29, 1.82) is 0 Å². The van der Waals surface area contributed by atoms with Gasteiger partial charge in [0.2, 0.25) is 12.4 Å². The Bertz CT molecular complexity index is 1090. The Morgan fingerprint density at radius 3 is 2.78 bits per heavy atom. The Hall–Kier alpha value is -2.76. The first-order valence-electron chi connectivity index (χ1n) is 13.3. The van der Waals surface area contributed by atoms with Gasteiger partial charge in [0.05, 0.1) is 14.5 Å². The molecule has 2 saturated heterocycles. The Labute approximate surface area is 218 Å². The Morgan fingerprint density at radius 2 is 2.03 bits per heavy atom. The van der Waals surface area contributed by atoms with Crippen molar-refractivity contribution in [2.75, 3.05) is 19.7 Å². The predicted octanol–water partition coefficient (Wildman–Crippen LogP) is 1.86. The average molecular weight is 518 g/mol. The SMILES string of the molecule is [2H]C1(F)C=NC(NC2=CCC3OC(C4CN(C=O)CCO4)=COC3=C2)=NC1NC1CC(C)(C)NC(C)(C)C1. The number of nitrogens with zero attached hydrogens (tertiary/aromatic N) is 3. The van der Waals surface area contributed by atoms with Crippen LogP contribution in [-0.4, -0.2) is 84.8 Å². The summed E-state index contributed by atoms with van der Waals surface area (Å²) in [5, 5.41) is 10.0. The van der Waals surface area contributed by atoms with Gasteiger partial charge in [-0.2, -0.15) is 0 Å². The minimum atomic E-state index is -2.46. The highest BCUT2D eigenvalue weighted by molar-refractivity contribution is 5.92. The van der Waals surface area contributed by atoms with E-state index in [4.69, 9.17) is 15.6 Å². The van der Waals surface area contributed by atoms with E-state index in [1.54, 1.807) is 11.0 Å². The molecule has 3 N–H and O–H groups in total. The monoisotopic (exact) mass is 517 g/mol. The van der Waals surface area contributed by atoms with Crippen LogP contribution < -0.4 is 16.0 Å². The second kappa shape index (κ2) is 10.2. The van der Waals surface area contributed by atoms with Gasteiger partial charge < -0.3 is 29.7 Å². The number of guanidine groups is 1. The number of alkyl halides is 1. The minimum absolute atomic E-state index is 0.0134. The third-order valence-electron chi connectivity index (χ3n) is 6.98. The molecule has 4 aliphatic heterocycles. The summed E-state index contributed by atoms with van der Waals surface area (Å²) >= 11 is 0. The molecule has 0 aromatic carbocycles. The van der Waals surface area contributed by atoms with Crippen molar-refractivity contribution in [2.45, 2.75) is 88.6 Å². The van der Waals surface area contributed by atoms with E-state index in [2.05, 4.69) is 53.6 Å². The summed E-state index contributed by atoms with van der Waals surface area (Å²) < 4.78 is 40.9. The largest absolute Gasteiger partial charge is 0.480 e. The van der Waals surface area contributed by atoms with Crippen LogP contribution >= 0.6 is 0 Å². The van der Waals surface area contributed by atoms with Crippen molar-refractivity contribution < 1.29 is 24.8 Å². The number of rotatable bonds is 5. The number of nitrogens with one attached hydrogen (secondary N) is 3. The van der Waals surface area contributed by atoms with E-state index in [9.17, 15) is 4.79 Å². The molecule has 5 aliphatic rings. The van der Waals surface area contributed by atoms with Crippen molar-refractivity contribution in [3.63, 3.8) is 0 Å². The van der Waals surface area contributed by atoms with Crippen molar-refractivity contribution in [3.05, 3.63) is 35.6 Å². The van der Waals surface area contributed by atoms with Crippen LogP contribution in [-0.2, 0) is 19.0 Å². The minimum Gasteiger partial charge on any atom is -0.480 e. The predicted molar refractivity (Wildman–Crippen MR) is 137 cm³/mol. The van der Waals surface area contributed by atoms with Crippen LogP contribution in [0.15, 0.2) is 45.6 Å². The zero-order valence-corrected chi connectivity index (χ0v) is 21.8. The number of carbonyl (C=O) groups is 1. The van der Waals surface area contributed by atoms with E-state index >= 15 is 4.39 Å². The van der Waals surface area contributed by atoms with Crippen LogP contribution in [0, 0.1) is 0 Å². The average Bonchev–Trinajstić information content (AvgIpc) is 2.84. The van der Waals surface area contributed by atoms with Gasteiger partial charge in [-0.3, -0.25) is 10.1 Å². The third kappa shape index (κ3) is 6.22. The molecule has 4 atom stereocenters. The summed E-state index contributed by atoms with van der Waals surface area (Å²) in [5.74, 6) is 1.38. The van der Waals surface area contributed by atoms with Crippen molar-refractivity contribution >= 4 is 18.6 Å². The number of halogens is 1. The number of piperidine rings is 1. The van der Waals surface area contributed by atoms with Crippen molar-refractivity contribution in [1.82, 2.24) is 20.9 Å². The van der Waals surface area contributed by atoms with Gasteiger partial charge in [-0.05, 0) is 40.5 Å². The van der Waals surface area contributed by atoms with Gasteiger partial charge in [-0.25, -0.2) is 14.4 Å². The lowest BCUT2D eigenvalue weighted by molar-refractivity contribution is -0.126. The molecule has 0 spiro atoms. The summed E-state index contributed by atoms with van der Waals surface area (Å²) in [6, 6.07) is -0.0134. The first kappa shape index (κ1) is 24.6. The first-order valence-corrected chi connectivity index (χ1v) is 12.8. The maximum atomic E-state index is 15.1. The zero-order chi connectivity index (χ0) is 27.1. The Kier molecular flexibility index (Phi) is 6.76. The van der Waals surface area contributed by atoms with Gasteiger partial charge in [0.1, 0.15) is 24.3 Å². The van der Waals surface area contributed by atoms with Gasteiger partial charge >= 0.3 is 0 Å². The van der Waals surface area contributed by atoms with Gasteiger partial charge in [-0.1, -0.05) is 6.08 Å². The lowest BCUT2D eigenvalue weighted by Gasteiger charge is -2.47. The summed E-state index contributed by atoms with van der Waals surface area (Å²) in [5.41, 5.74) is 0.432. The van der Waals surface area contributed by atoms with Crippen molar-refractivity contribution in [2.24, 2.45) is 9.98 Å². The third-order valence-corrected chi connectivity index (χ3v) is 6.98. The first-order chi connectivity index (χ1) is 17.9. The number of allylic oxidation sites excluding steroid dienone is 1. The van der Waals surface area contributed by atoms with Gasteiger partial charge in [-0.15, -0.1) is 0 Å². The molecule has 4 heterocycles. The fourth-order valence-electron chi connectivity index (χ4n) is 5.75. The summed E-state index contributed by atoms with van der Waals surface area (Å²) in [6.07, 6.45) is 4.87. The lowest BCUT2D eigenvalue weighted by atomic mass is 9.79. The van der Waals surface area contributed by atoms with Crippen LogP contribution in [0.3, 0.4) is 0 Å². The molecule has 0 saturated carbocycles. The maximum absolute atomic E-state index is 15.1. The van der Waals surface area contributed by atoms with Crippen LogP contribution in [0.4, 0.5) is 4.39 Å². The van der Waals surface area contributed by atoms with Gasteiger partial charge in [0.15, 0.2) is 18.0 Å². The number of morpholine rings is 1. The quantitative estimate of drug-likeness (QED) is 0.478. The molecule has 4 unspecified atom stereocenters. The summed E-state index contributed by atoms with van der Waals surface area (Å²) in [7, 11) is 0. The standard InChI is InChI=1S/C26H37FN6O4/c1-25(2)10-17(11-26(3,4)32-25)29-23-18(27)12-28-24(31-23)30-16-5-6-19-20(9-16)36-14-22(37-19)21-13-33(15-34)7-8-35-21/h5,9,12,14-15,17-19,21,23,29,32H,6-8,10-11,13H2,1-4H3,(H,30,31)/i18D. The molecule has 11 heteroatoms. The van der Waals surface area contributed by atoms with E-state index in [-0.39, 0.29) is 35.3 Å². The molecule has 202 valence electrons. The van der Waals surface area contributed by atoms with Crippen LogP contribution in [0.2, 0.25) is 0 Å². The highest BCUT2D eigenvalue weighted by Gasteiger charge is 2.39. The number of ether oxygens (including phenoxy) is 3. The lowest BCUT2D eigenvalue weighted by Crippen LogP contribution is -2.63. The smallest absolute Gasteiger partial charge is 0.223 e. The molecular weight excluding hydrogens is 479 g/mol. The fraction of sp³-hybridized carbons (Fsp3) is 0.654. The number of fused-ring (bicyclic) bond motifs is 1. The number of hydrogen-bond donors (Lipinski definition) is 3. The molecule has 0 aromatic rings. The number of aliphatic imine (C=N–C) groups is 2. The fourth-order valence-corrected chi connectivity index (χ4v) is 5.75. The van der Waals surface area contributed by atoms with Gasteiger partial charge in [0.25, 0.3) is 0 Å². The molecule has 5 rings (SSSR count). The molecule has 0 aromatic heterocycles.